The third-order valence-electron chi connectivity index (χ3n) is 7.20. The summed E-state index contributed by atoms with van der Waals surface area (Å²) in [5, 5.41) is 0. The minimum Gasteiger partial charge on any atom is -0.456 e. The van der Waals surface area contributed by atoms with Crippen molar-refractivity contribution in [2.24, 2.45) is 17.3 Å². The lowest BCUT2D eigenvalue weighted by molar-refractivity contribution is -0.276. The smallest absolute Gasteiger partial charge is 0.333 e. The first kappa shape index (κ1) is 18.5. The lowest BCUT2D eigenvalue weighted by Crippen LogP contribution is -2.63. The first-order valence-electron chi connectivity index (χ1n) is 10.4. The monoisotopic (exact) mass is 362 g/mol. The third kappa shape index (κ3) is 3.13. The summed E-state index contributed by atoms with van der Waals surface area (Å²) in [5.41, 5.74) is 0.200. The minimum absolute atomic E-state index is 0.113. The molecule has 4 heteroatoms. The molecule has 0 aromatic heterocycles. The Morgan fingerprint density at radius 2 is 1.81 bits per heavy atom. The zero-order chi connectivity index (χ0) is 18.6. The van der Waals surface area contributed by atoms with E-state index in [-0.39, 0.29) is 28.7 Å². The number of ether oxygens (including phenoxy) is 3. The summed E-state index contributed by atoms with van der Waals surface area (Å²) in [5.74, 6) is 1.02. The molecule has 5 rings (SSSR count). The highest BCUT2D eigenvalue weighted by molar-refractivity contribution is 5.87. The number of esters is 1. The van der Waals surface area contributed by atoms with Crippen LogP contribution in [-0.4, -0.2) is 36.5 Å². The lowest BCUT2D eigenvalue weighted by atomic mass is 9.52. The van der Waals surface area contributed by atoms with Crippen molar-refractivity contribution in [2.45, 2.75) is 89.4 Å². The molecule has 1 heterocycles. The van der Waals surface area contributed by atoms with Gasteiger partial charge in [0.1, 0.15) is 5.60 Å². The van der Waals surface area contributed by atoms with Gasteiger partial charge >= 0.3 is 5.97 Å². The van der Waals surface area contributed by atoms with Crippen molar-refractivity contribution in [3.8, 4) is 0 Å². The molecule has 0 amide bonds. The number of rotatable bonds is 7. The summed E-state index contributed by atoms with van der Waals surface area (Å²) >= 11 is 0. The summed E-state index contributed by atoms with van der Waals surface area (Å²) in [6, 6.07) is 0. The van der Waals surface area contributed by atoms with E-state index >= 15 is 0 Å². The van der Waals surface area contributed by atoms with Gasteiger partial charge in [0, 0.05) is 17.4 Å². The normalized spacial score (nSPS) is 40.7. The average molecular weight is 363 g/mol. The van der Waals surface area contributed by atoms with Gasteiger partial charge in [-0.15, -0.1) is 0 Å². The van der Waals surface area contributed by atoms with Crippen LogP contribution in [0.1, 0.15) is 72.1 Å². The van der Waals surface area contributed by atoms with Crippen molar-refractivity contribution in [1.29, 1.82) is 0 Å². The van der Waals surface area contributed by atoms with Crippen molar-refractivity contribution in [2.75, 3.05) is 13.2 Å². The lowest BCUT2D eigenvalue weighted by Gasteiger charge is -2.62. The summed E-state index contributed by atoms with van der Waals surface area (Å²) in [6.07, 6.45) is 8.86. The molecule has 5 aliphatic rings. The number of hydrogen-bond acceptors (Lipinski definition) is 4. The van der Waals surface area contributed by atoms with Gasteiger partial charge in [0.15, 0.2) is 0 Å². The van der Waals surface area contributed by atoms with Crippen molar-refractivity contribution < 1.29 is 19.0 Å². The Labute approximate surface area is 157 Å². The molecule has 4 nitrogen and oxygen atoms in total. The first-order valence-corrected chi connectivity index (χ1v) is 10.4. The van der Waals surface area contributed by atoms with E-state index in [1.807, 2.05) is 0 Å². The highest BCUT2D eigenvalue weighted by Gasteiger charge is 2.61. The molecule has 0 radical (unpaired) electrons. The predicted octanol–water partition coefficient (Wildman–Crippen LogP) is 4.42. The third-order valence-corrected chi connectivity index (χ3v) is 7.20. The van der Waals surface area contributed by atoms with Crippen LogP contribution in [-0.2, 0) is 19.0 Å². The number of carbonyl (C=O) groups excluding carboxylic acids is 1. The Kier molecular flexibility index (Phi) is 4.51. The zero-order valence-corrected chi connectivity index (χ0v) is 16.6. The standard InChI is InChI=1S/C22H34O4/c1-5-6-18(20(4)13-24-14-20)25-21-8-16-7-17(9-21)11-22(10-16,12-21)26-19(23)15(2)3/h16-18H,2,5-14H2,1,3-4H3. The van der Waals surface area contributed by atoms with Gasteiger partial charge in [0.25, 0.3) is 0 Å². The highest BCUT2D eigenvalue weighted by atomic mass is 16.6. The molecule has 0 aromatic carbocycles. The van der Waals surface area contributed by atoms with E-state index in [0.717, 1.165) is 58.2 Å². The van der Waals surface area contributed by atoms with E-state index in [2.05, 4.69) is 20.4 Å². The second kappa shape index (κ2) is 6.34. The summed E-state index contributed by atoms with van der Waals surface area (Å²) in [7, 11) is 0. The zero-order valence-electron chi connectivity index (χ0n) is 16.6. The van der Waals surface area contributed by atoms with Crippen molar-refractivity contribution >= 4 is 5.97 Å². The molecule has 4 bridgehead atoms. The summed E-state index contributed by atoms with van der Waals surface area (Å²) < 4.78 is 18.6. The molecule has 1 saturated heterocycles. The average Bonchev–Trinajstić information content (AvgIpc) is 2.50. The van der Waals surface area contributed by atoms with Crippen LogP contribution in [0.5, 0.6) is 0 Å². The van der Waals surface area contributed by atoms with Crippen molar-refractivity contribution in [3.05, 3.63) is 12.2 Å². The second-order valence-electron chi connectivity index (χ2n) is 10.0. The largest absolute Gasteiger partial charge is 0.456 e. The van der Waals surface area contributed by atoms with Crippen molar-refractivity contribution in [3.63, 3.8) is 0 Å². The Hall–Kier alpha value is -0.870. The molecular weight excluding hydrogens is 328 g/mol. The molecule has 4 aliphatic carbocycles. The van der Waals surface area contributed by atoms with E-state index in [4.69, 9.17) is 14.2 Å². The van der Waals surface area contributed by atoms with Crippen LogP contribution in [0.4, 0.5) is 0 Å². The van der Waals surface area contributed by atoms with Crippen LogP contribution < -0.4 is 0 Å². The maximum atomic E-state index is 12.3. The number of carbonyl (C=O) groups is 1. The SMILES string of the molecule is C=C(C)C(=O)OC12CC3CC(C1)CC(OC(CCC)C1(C)COC1)(C3)C2. The summed E-state index contributed by atoms with van der Waals surface area (Å²) in [4.78, 5) is 12.3. The van der Waals surface area contributed by atoms with Crippen LogP contribution in [0.15, 0.2) is 12.2 Å². The fourth-order valence-corrected chi connectivity index (χ4v) is 6.36. The Bertz CT molecular complexity index is 577. The van der Waals surface area contributed by atoms with Gasteiger partial charge in [-0.3, -0.25) is 0 Å². The van der Waals surface area contributed by atoms with E-state index < -0.39 is 0 Å². The maximum Gasteiger partial charge on any atom is 0.333 e. The summed E-state index contributed by atoms with van der Waals surface area (Å²) in [6.45, 7) is 11.6. The van der Waals surface area contributed by atoms with Gasteiger partial charge in [-0.05, 0) is 57.3 Å². The van der Waals surface area contributed by atoms with Gasteiger partial charge in [-0.25, -0.2) is 4.79 Å². The molecule has 26 heavy (non-hydrogen) atoms. The maximum absolute atomic E-state index is 12.3. The molecule has 0 aromatic rings. The highest BCUT2D eigenvalue weighted by Crippen LogP contribution is 2.61. The molecular formula is C22H34O4. The van der Waals surface area contributed by atoms with Crippen molar-refractivity contribution in [1.82, 2.24) is 0 Å². The Morgan fingerprint density at radius 3 is 2.31 bits per heavy atom. The molecule has 146 valence electrons. The molecule has 5 fully saturated rings. The molecule has 3 atom stereocenters. The first-order chi connectivity index (χ1) is 12.3. The number of hydrogen-bond donors (Lipinski definition) is 0. The fraction of sp³-hybridized carbons (Fsp3) is 0.864. The quantitative estimate of drug-likeness (QED) is 0.497. The van der Waals surface area contributed by atoms with Crippen LogP contribution in [0.25, 0.3) is 0 Å². The van der Waals surface area contributed by atoms with E-state index in [1.165, 1.54) is 6.42 Å². The molecule has 3 unspecified atom stereocenters. The van der Waals surface area contributed by atoms with Gasteiger partial charge < -0.3 is 14.2 Å². The van der Waals surface area contributed by atoms with Gasteiger partial charge in [-0.1, -0.05) is 26.8 Å². The van der Waals surface area contributed by atoms with Gasteiger partial charge in [-0.2, -0.15) is 0 Å². The van der Waals surface area contributed by atoms with Crippen LogP contribution in [0.2, 0.25) is 0 Å². The van der Waals surface area contributed by atoms with Crippen LogP contribution in [0, 0.1) is 17.3 Å². The second-order valence-corrected chi connectivity index (χ2v) is 10.0. The molecule has 4 saturated carbocycles. The molecule has 0 spiro atoms. The van der Waals surface area contributed by atoms with Crippen LogP contribution in [0.3, 0.4) is 0 Å². The van der Waals surface area contributed by atoms with Crippen LogP contribution >= 0.6 is 0 Å². The molecule has 0 N–H and O–H groups in total. The fourth-order valence-electron chi connectivity index (χ4n) is 6.36. The Morgan fingerprint density at radius 1 is 1.19 bits per heavy atom. The minimum atomic E-state index is -0.325. The van der Waals surface area contributed by atoms with Gasteiger partial charge in [0.2, 0.25) is 0 Å². The van der Waals surface area contributed by atoms with E-state index in [0.29, 0.717) is 17.4 Å². The van der Waals surface area contributed by atoms with E-state index in [1.54, 1.807) is 6.92 Å². The van der Waals surface area contributed by atoms with Gasteiger partial charge in [0.05, 0.1) is 24.9 Å². The topological polar surface area (TPSA) is 44.8 Å². The molecule has 1 aliphatic heterocycles. The Balaban J connectivity index is 1.55. The van der Waals surface area contributed by atoms with E-state index in [9.17, 15) is 4.79 Å². The predicted molar refractivity (Wildman–Crippen MR) is 99.8 cm³/mol.